The number of methoxy groups -OCH3 is 1. The molecule has 0 saturated carbocycles. The highest BCUT2D eigenvalue weighted by Crippen LogP contribution is 2.23. The maximum Gasteiger partial charge on any atom is 0.270 e. The fraction of sp³-hybridized carbons (Fsp3) is 0.455. The van der Waals surface area contributed by atoms with Gasteiger partial charge in [-0.2, -0.15) is 0 Å². The van der Waals surface area contributed by atoms with Crippen molar-refractivity contribution in [3.63, 3.8) is 0 Å². The predicted octanol–water partition coefficient (Wildman–Crippen LogP) is 1.47. The zero-order valence-corrected chi connectivity index (χ0v) is 9.88. The molecule has 0 fully saturated rings. The van der Waals surface area contributed by atoms with E-state index in [0.717, 1.165) is 0 Å². The molecule has 2 N–H and O–H groups in total. The summed E-state index contributed by atoms with van der Waals surface area (Å²) < 4.78 is 10.5. The molecule has 0 heterocycles. The van der Waals surface area contributed by atoms with Gasteiger partial charge in [-0.15, -0.1) is 0 Å². The number of benzene rings is 1. The van der Waals surface area contributed by atoms with Gasteiger partial charge in [0, 0.05) is 31.4 Å². The number of nitro benzene ring substituents is 1. The molecular weight excluding hydrogens is 224 g/mol. The van der Waals surface area contributed by atoms with Crippen LogP contribution in [0.3, 0.4) is 0 Å². The zero-order valence-electron chi connectivity index (χ0n) is 9.88. The van der Waals surface area contributed by atoms with Crippen LogP contribution in [0.2, 0.25) is 0 Å². The number of hydrogen-bond donors (Lipinski definition) is 1. The first-order valence-electron chi connectivity index (χ1n) is 5.21. The van der Waals surface area contributed by atoms with E-state index in [2.05, 4.69) is 0 Å². The summed E-state index contributed by atoms with van der Waals surface area (Å²) in [6.07, 6.45) is -0.0455. The average Bonchev–Trinajstić information content (AvgIpc) is 2.35. The van der Waals surface area contributed by atoms with Crippen LogP contribution in [0, 0.1) is 10.1 Å². The maximum absolute atomic E-state index is 10.6. The van der Waals surface area contributed by atoms with Crippen molar-refractivity contribution < 1.29 is 14.4 Å². The van der Waals surface area contributed by atoms with Crippen LogP contribution >= 0.6 is 0 Å². The SMILES string of the molecule is COC(C)COc1ccc([N+](=O)[O-])cc1CN. The Morgan fingerprint density at radius 3 is 2.76 bits per heavy atom. The molecule has 0 bridgehead atoms. The second-order valence-electron chi connectivity index (χ2n) is 3.61. The number of hydrogen-bond acceptors (Lipinski definition) is 5. The molecule has 1 aromatic carbocycles. The van der Waals surface area contributed by atoms with E-state index < -0.39 is 4.92 Å². The molecule has 17 heavy (non-hydrogen) atoms. The first-order chi connectivity index (χ1) is 8.08. The molecule has 0 radical (unpaired) electrons. The molecule has 0 saturated heterocycles. The third kappa shape index (κ3) is 3.69. The van der Waals surface area contributed by atoms with Gasteiger partial charge in [-0.1, -0.05) is 0 Å². The summed E-state index contributed by atoms with van der Waals surface area (Å²) in [7, 11) is 1.59. The first-order valence-corrected chi connectivity index (χ1v) is 5.21. The molecule has 0 aliphatic heterocycles. The second-order valence-corrected chi connectivity index (χ2v) is 3.61. The number of nitrogens with two attached hydrogens (primary N) is 1. The molecule has 94 valence electrons. The molecule has 0 aromatic heterocycles. The fourth-order valence-electron chi connectivity index (χ4n) is 1.25. The normalized spacial score (nSPS) is 12.2. The Morgan fingerprint density at radius 2 is 2.24 bits per heavy atom. The maximum atomic E-state index is 10.6. The predicted molar refractivity (Wildman–Crippen MR) is 63.0 cm³/mol. The minimum atomic E-state index is -0.458. The van der Waals surface area contributed by atoms with Crippen LogP contribution < -0.4 is 10.5 Å². The molecule has 6 nitrogen and oxygen atoms in total. The lowest BCUT2D eigenvalue weighted by molar-refractivity contribution is -0.384. The van der Waals surface area contributed by atoms with Crippen molar-refractivity contribution in [3.8, 4) is 5.75 Å². The monoisotopic (exact) mass is 240 g/mol. The van der Waals surface area contributed by atoms with Crippen molar-refractivity contribution in [2.24, 2.45) is 5.73 Å². The Bertz CT molecular complexity index is 395. The largest absolute Gasteiger partial charge is 0.491 e. The summed E-state index contributed by atoms with van der Waals surface area (Å²) in [6.45, 7) is 2.44. The van der Waals surface area contributed by atoms with E-state index in [1.165, 1.54) is 12.1 Å². The average molecular weight is 240 g/mol. The highest BCUT2D eigenvalue weighted by atomic mass is 16.6. The first kappa shape index (κ1) is 13.4. The van der Waals surface area contributed by atoms with E-state index >= 15 is 0 Å². The minimum absolute atomic E-state index is 0.0117. The van der Waals surface area contributed by atoms with Crippen molar-refractivity contribution in [2.45, 2.75) is 19.6 Å². The number of non-ortho nitro benzene ring substituents is 1. The molecule has 1 atom stereocenters. The van der Waals surface area contributed by atoms with Gasteiger partial charge in [0.2, 0.25) is 0 Å². The van der Waals surface area contributed by atoms with E-state index in [0.29, 0.717) is 17.9 Å². The summed E-state index contributed by atoms with van der Waals surface area (Å²) in [5, 5.41) is 10.6. The van der Waals surface area contributed by atoms with Crippen LogP contribution in [0.5, 0.6) is 5.75 Å². The van der Waals surface area contributed by atoms with Gasteiger partial charge >= 0.3 is 0 Å². The molecule has 0 aliphatic carbocycles. The third-order valence-corrected chi connectivity index (χ3v) is 2.35. The molecule has 1 unspecified atom stereocenters. The Kier molecular flexibility index (Phi) is 4.86. The van der Waals surface area contributed by atoms with Gasteiger partial charge in [0.25, 0.3) is 5.69 Å². The van der Waals surface area contributed by atoms with Crippen LogP contribution in [-0.2, 0) is 11.3 Å². The highest BCUT2D eigenvalue weighted by molar-refractivity contribution is 5.43. The van der Waals surface area contributed by atoms with Crippen LogP contribution in [0.15, 0.2) is 18.2 Å². The minimum Gasteiger partial charge on any atom is -0.491 e. The van der Waals surface area contributed by atoms with Gasteiger partial charge in [-0.05, 0) is 13.0 Å². The standard InChI is InChI=1S/C11H16N2O4/c1-8(16-2)7-17-11-4-3-10(13(14)15)5-9(11)6-12/h3-5,8H,6-7,12H2,1-2H3. The van der Waals surface area contributed by atoms with Crippen molar-refractivity contribution >= 4 is 5.69 Å². The Balaban J connectivity index is 2.82. The summed E-state index contributed by atoms with van der Waals surface area (Å²) in [5.41, 5.74) is 6.15. The Hall–Kier alpha value is -1.66. The van der Waals surface area contributed by atoms with Crippen molar-refractivity contribution in [1.29, 1.82) is 0 Å². The molecule has 6 heteroatoms. The fourth-order valence-corrected chi connectivity index (χ4v) is 1.25. The molecular formula is C11H16N2O4. The van der Waals surface area contributed by atoms with Gasteiger partial charge < -0.3 is 15.2 Å². The summed E-state index contributed by atoms with van der Waals surface area (Å²) in [4.78, 5) is 10.1. The number of nitrogens with zero attached hydrogens (tertiary/aromatic N) is 1. The van der Waals surface area contributed by atoms with Gasteiger partial charge in [0.1, 0.15) is 12.4 Å². The van der Waals surface area contributed by atoms with Gasteiger partial charge in [0.05, 0.1) is 11.0 Å². The van der Waals surface area contributed by atoms with Gasteiger partial charge in [0.15, 0.2) is 0 Å². The van der Waals surface area contributed by atoms with E-state index in [4.69, 9.17) is 15.2 Å². The van der Waals surface area contributed by atoms with E-state index in [-0.39, 0.29) is 18.3 Å². The number of ether oxygens (including phenoxy) is 2. The van der Waals surface area contributed by atoms with Crippen molar-refractivity contribution in [1.82, 2.24) is 0 Å². The van der Waals surface area contributed by atoms with E-state index in [9.17, 15) is 10.1 Å². The van der Waals surface area contributed by atoms with Crippen LogP contribution in [0.25, 0.3) is 0 Å². The van der Waals surface area contributed by atoms with Gasteiger partial charge in [-0.25, -0.2) is 0 Å². The molecule has 0 amide bonds. The molecule has 0 aliphatic rings. The topological polar surface area (TPSA) is 87.6 Å². The Labute approximate surface area is 99.5 Å². The summed E-state index contributed by atoms with van der Waals surface area (Å²) >= 11 is 0. The van der Waals surface area contributed by atoms with E-state index in [1.807, 2.05) is 6.92 Å². The third-order valence-electron chi connectivity index (χ3n) is 2.35. The zero-order chi connectivity index (χ0) is 12.8. The van der Waals surface area contributed by atoms with Crippen LogP contribution in [0.1, 0.15) is 12.5 Å². The lowest BCUT2D eigenvalue weighted by Gasteiger charge is -2.13. The lowest BCUT2D eigenvalue weighted by atomic mass is 10.2. The number of rotatable bonds is 6. The quantitative estimate of drug-likeness (QED) is 0.600. The second kappa shape index (κ2) is 6.17. The van der Waals surface area contributed by atoms with Crippen LogP contribution in [-0.4, -0.2) is 24.7 Å². The molecule has 1 rings (SSSR count). The van der Waals surface area contributed by atoms with Crippen LogP contribution in [0.4, 0.5) is 5.69 Å². The smallest absolute Gasteiger partial charge is 0.270 e. The highest BCUT2D eigenvalue weighted by Gasteiger charge is 2.11. The van der Waals surface area contributed by atoms with Crippen molar-refractivity contribution in [2.75, 3.05) is 13.7 Å². The molecule has 1 aromatic rings. The lowest BCUT2D eigenvalue weighted by Crippen LogP contribution is -2.17. The summed E-state index contributed by atoms with van der Waals surface area (Å²) in [6, 6.07) is 4.38. The number of nitro groups is 1. The molecule has 0 spiro atoms. The van der Waals surface area contributed by atoms with E-state index in [1.54, 1.807) is 13.2 Å². The van der Waals surface area contributed by atoms with Gasteiger partial charge in [-0.3, -0.25) is 10.1 Å². The Morgan fingerprint density at radius 1 is 1.53 bits per heavy atom. The van der Waals surface area contributed by atoms with Crippen molar-refractivity contribution in [3.05, 3.63) is 33.9 Å². The summed E-state index contributed by atoms with van der Waals surface area (Å²) in [5.74, 6) is 0.557.